The molecule has 0 spiro atoms. The molecule has 0 aliphatic carbocycles. The smallest absolute Gasteiger partial charge is 0.258 e. The largest absolute Gasteiger partial charge is 0.262 e. The predicted octanol–water partition coefficient (Wildman–Crippen LogP) is 4.55. The first kappa shape index (κ1) is 16.7. The van der Waals surface area contributed by atoms with E-state index in [1.54, 1.807) is 37.4 Å². The van der Waals surface area contributed by atoms with Crippen molar-refractivity contribution >= 4 is 23.5 Å². The molecular formula is C15H12ClF2N3S. The van der Waals surface area contributed by atoms with Crippen LogP contribution in [0.3, 0.4) is 0 Å². The topological polar surface area (TPSA) is 39.9 Å². The van der Waals surface area contributed by atoms with Gasteiger partial charge in [-0.3, -0.25) is 4.98 Å². The summed E-state index contributed by atoms with van der Waals surface area (Å²) in [7, 11) is 1.58. The summed E-state index contributed by atoms with van der Waals surface area (Å²) in [5.41, 5.74) is 0.859. The third-order valence-electron chi connectivity index (χ3n) is 2.93. The normalized spacial score (nSPS) is 12.4. The number of nitriles is 1. The van der Waals surface area contributed by atoms with E-state index < -0.39 is 12.5 Å². The van der Waals surface area contributed by atoms with Gasteiger partial charge >= 0.3 is 0 Å². The fourth-order valence-corrected chi connectivity index (χ4v) is 3.00. The molecule has 0 fully saturated rings. The minimum absolute atomic E-state index is 0.387. The summed E-state index contributed by atoms with van der Waals surface area (Å²) >= 11 is 6.91. The van der Waals surface area contributed by atoms with E-state index in [0.717, 1.165) is 11.9 Å². The zero-order chi connectivity index (χ0) is 16.1. The minimum atomic E-state index is -2.56. The molecule has 1 aromatic heterocycles. The monoisotopic (exact) mass is 339 g/mol. The number of rotatable bonds is 5. The van der Waals surface area contributed by atoms with Crippen molar-refractivity contribution in [2.45, 2.75) is 17.4 Å². The number of benzene rings is 1. The van der Waals surface area contributed by atoms with Crippen LogP contribution < -0.4 is 0 Å². The fraction of sp³-hybridized carbons (Fsp3) is 0.200. The van der Waals surface area contributed by atoms with Gasteiger partial charge in [0.25, 0.3) is 6.43 Å². The Morgan fingerprint density at radius 1 is 1.27 bits per heavy atom. The lowest BCUT2D eigenvalue weighted by atomic mass is 10.1. The molecule has 0 aliphatic rings. The Morgan fingerprint density at radius 3 is 2.55 bits per heavy atom. The van der Waals surface area contributed by atoms with Gasteiger partial charge < -0.3 is 0 Å². The Hall–Kier alpha value is -1.68. The Balaban J connectivity index is 2.21. The Bertz CT molecular complexity index is 673. The predicted molar refractivity (Wildman–Crippen MR) is 82.8 cm³/mol. The number of aromatic nitrogens is 1. The molecule has 0 amide bonds. The second-order valence-corrected chi connectivity index (χ2v) is 6.16. The Morgan fingerprint density at radius 2 is 1.95 bits per heavy atom. The van der Waals surface area contributed by atoms with Gasteiger partial charge in [-0.25, -0.2) is 13.1 Å². The molecule has 114 valence electrons. The highest BCUT2D eigenvalue weighted by molar-refractivity contribution is 7.97. The first-order valence-corrected chi connectivity index (χ1v) is 7.46. The van der Waals surface area contributed by atoms with E-state index in [9.17, 15) is 8.78 Å². The maximum absolute atomic E-state index is 13.4. The molecule has 2 rings (SSSR count). The second-order valence-electron chi connectivity index (χ2n) is 4.49. The molecule has 0 radical (unpaired) electrons. The van der Waals surface area contributed by atoms with Crippen LogP contribution in [0.1, 0.15) is 17.2 Å². The lowest BCUT2D eigenvalue weighted by Gasteiger charge is -2.26. The van der Waals surface area contributed by atoms with Crippen molar-refractivity contribution in [3.8, 4) is 6.07 Å². The van der Waals surface area contributed by atoms with Gasteiger partial charge in [0, 0.05) is 22.3 Å². The molecule has 0 aliphatic heterocycles. The maximum Gasteiger partial charge on any atom is 0.258 e. The standard InChI is InChI=1S/C15H12ClF2N3S/c1-21(22-13-6-10(7-19)8-20-9-13)14(15(17)18)11-2-4-12(16)5-3-11/h2-6,8-9,14-15H,1H3. The van der Waals surface area contributed by atoms with Gasteiger partial charge in [-0.15, -0.1) is 0 Å². The SMILES string of the molecule is CN(Sc1cncc(C#N)c1)C(c1ccc(Cl)cc1)C(F)F. The minimum Gasteiger partial charge on any atom is -0.262 e. The number of alkyl halides is 2. The molecule has 1 heterocycles. The van der Waals surface area contributed by atoms with Crippen molar-refractivity contribution in [1.82, 2.24) is 9.29 Å². The zero-order valence-corrected chi connectivity index (χ0v) is 13.2. The number of nitrogens with zero attached hydrogens (tertiary/aromatic N) is 3. The van der Waals surface area contributed by atoms with Gasteiger partial charge in [-0.05, 0) is 42.8 Å². The maximum atomic E-state index is 13.4. The summed E-state index contributed by atoms with van der Waals surface area (Å²) in [6, 6.07) is 8.83. The summed E-state index contributed by atoms with van der Waals surface area (Å²) in [4.78, 5) is 4.55. The van der Waals surface area contributed by atoms with E-state index in [4.69, 9.17) is 16.9 Å². The van der Waals surface area contributed by atoms with Crippen LogP contribution in [0.2, 0.25) is 5.02 Å². The molecule has 0 saturated carbocycles. The Kier molecular flexibility index (Phi) is 5.72. The van der Waals surface area contributed by atoms with Gasteiger partial charge in [-0.2, -0.15) is 5.26 Å². The van der Waals surface area contributed by atoms with E-state index in [2.05, 4.69) is 4.98 Å². The van der Waals surface area contributed by atoms with Gasteiger partial charge in [-0.1, -0.05) is 23.7 Å². The van der Waals surface area contributed by atoms with E-state index in [0.29, 0.717) is 21.0 Å². The van der Waals surface area contributed by atoms with Crippen LogP contribution in [-0.2, 0) is 0 Å². The summed E-state index contributed by atoms with van der Waals surface area (Å²) in [5.74, 6) is 0. The quantitative estimate of drug-likeness (QED) is 0.749. The number of pyridine rings is 1. The highest BCUT2D eigenvalue weighted by Crippen LogP contribution is 2.35. The van der Waals surface area contributed by atoms with Crippen LogP contribution in [0.25, 0.3) is 0 Å². The number of halogens is 3. The molecule has 1 unspecified atom stereocenters. The first-order valence-electron chi connectivity index (χ1n) is 6.31. The zero-order valence-electron chi connectivity index (χ0n) is 11.6. The van der Waals surface area contributed by atoms with Crippen LogP contribution in [0.15, 0.2) is 47.6 Å². The molecule has 2 aromatic rings. The van der Waals surface area contributed by atoms with Gasteiger partial charge in [0.2, 0.25) is 0 Å². The average Bonchev–Trinajstić information content (AvgIpc) is 2.49. The van der Waals surface area contributed by atoms with Gasteiger partial charge in [0.05, 0.1) is 5.56 Å². The van der Waals surface area contributed by atoms with Crippen LogP contribution in [0.4, 0.5) is 8.78 Å². The molecule has 0 bridgehead atoms. The molecule has 1 aromatic carbocycles. The molecule has 1 atom stereocenters. The average molecular weight is 340 g/mol. The highest BCUT2D eigenvalue weighted by atomic mass is 35.5. The second kappa shape index (κ2) is 7.54. The van der Waals surface area contributed by atoms with E-state index >= 15 is 0 Å². The fourth-order valence-electron chi connectivity index (χ4n) is 1.93. The van der Waals surface area contributed by atoms with E-state index in [-0.39, 0.29) is 0 Å². The van der Waals surface area contributed by atoms with Crippen molar-refractivity contribution in [3.63, 3.8) is 0 Å². The molecule has 3 nitrogen and oxygen atoms in total. The van der Waals surface area contributed by atoms with Crippen LogP contribution in [0.5, 0.6) is 0 Å². The summed E-state index contributed by atoms with van der Waals surface area (Å²) < 4.78 is 28.3. The lowest BCUT2D eigenvalue weighted by Crippen LogP contribution is -2.24. The van der Waals surface area contributed by atoms with E-state index in [1.807, 2.05) is 6.07 Å². The van der Waals surface area contributed by atoms with Gasteiger partial charge in [0.15, 0.2) is 0 Å². The van der Waals surface area contributed by atoms with Crippen LogP contribution >= 0.6 is 23.5 Å². The molecular weight excluding hydrogens is 328 g/mol. The van der Waals surface area contributed by atoms with Gasteiger partial charge in [0.1, 0.15) is 12.1 Å². The first-order chi connectivity index (χ1) is 10.5. The van der Waals surface area contributed by atoms with Crippen LogP contribution in [-0.4, -0.2) is 22.8 Å². The Labute approximate surface area is 136 Å². The third kappa shape index (κ3) is 4.17. The van der Waals surface area contributed by atoms with Crippen molar-refractivity contribution in [2.24, 2.45) is 0 Å². The molecule has 0 N–H and O–H groups in total. The van der Waals surface area contributed by atoms with E-state index in [1.165, 1.54) is 16.7 Å². The summed E-state index contributed by atoms with van der Waals surface area (Å²) in [6.45, 7) is 0. The van der Waals surface area contributed by atoms with Crippen LogP contribution in [0, 0.1) is 11.3 Å². The lowest BCUT2D eigenvalue weighted by molar-refractivity contribution is 0.0739. The van der Waals surface area contributed by atoms with Crippen molar-refractivity contribution in [3.05, 3.63) is 58.9 Å². The highest BCUT2D eigenvalue weighted by Gasteiger charge is 2.27. The summed E-state index contributed by atoms with van der Waals surface area (Å²) in [5, 5.41) is 9.35. The number of hydrogen-bond donors (Lipinski definition) is 0. The van der Waals surface area contributed by atoms with Crippen molar-refractivity contribution < 1.29 is 8.78 Å². The number of hydrogen-bond acceptors (Lipinski definition) is 4. The molecule has 7 heteroatoms. The van der Waals surface area contributed by atoms with Crippen molar-refractivity contribution in [2.75, 3.05) is 7.05 Å². The summed E-state index contributed by atoms with van der Waals surface area (Å²) in [6.07, 6.45) is 0.394. The molecule has 0 saturated heterocycles. The third-order valence-corrected chi connectivity index (χ3v) is 4.13. The van der Waals surface area contributed by atoms with Crippen molar-refractivity contribution in [1.29, 1.82) is 5.26 Å². The molecule has 22 heavy (non-hydrogen) atoms.